The highest BCUT2D eigenvalue weighted by Gasteiger charge is 2.05. The lowest BCUT2D eigenvalue weighted by Gasteiger charge is -2.05. The number of aromatic nitrogens is 5. The van der Waals surface area contributed by atoms with E-state index in [-0.39, 0.29) is 5.95 Å². The molecule has 0 unspecified atom stereocenters. The average Bonchev–Trinajstić information content (AvgIpc) is 2.65. The van der Waals surface area contributed by atoms with Gasteiger partial charge in [0.1, 0.15) is 12.7 Å². The molecule has 2 heterocycles. The molecule has 0 amide bonds. The largest absolute Gasteiger partial charge is 0.366 e. The van der Waals surface area contributed by atoms with Crippen LogP contribution in [0.5, 0.6) is 0 Å². The number of nitrogens with zero attached hydrogens (tertiary/aromatic N) is 5. The van der Waals surface area contributed by atoms with Crippen molar-refractivity contribution in [2.24, 2.45) is 0 Å². The molecule has 2 N–H and O–H groups in total. The van der Waals surface area contributed by atoms with Gasteiger partial charge in [0.05, 0.1) is 0 Å². The smallest absolute Gasteiger partial charge is 0.239 e. The minimum Gasteiger partial charge on any atom is -0.366 e. The summed E-state index contributed by atoms with van der Waals surface area (Å²) in [5.74, 6) is 1.27. The van der Waals surface area contributed by atoms with Gasteiger partial charge < -0.3 is 5.73 Å². The first-order chi connectivity index (χ1) is 7.16. The summed E-state index contributed by atoms with van der Waals surface area (Å²) in [7, 11) is 0. The summed E-state index contributed by atoms with van der Waals surface area (Å²) >= 11 is 0. The molecule has 15 heavy (non-hydrogen) atoms. The highest BCUT2D eigenvalue weighted by molar-refractivity contribution is 5.25. The SMILES string of the molecule is CC(C)c1cc(-n2cnc(N)n2)ncn1. The van der Waals surface area contributed by atoms with Gasteiger partial charge >= 0.3 is 0 Å². The first kappa shape index (κ1) is 9.57. The molecule has 0 saturated carbocycles. The van der Waals surface area contributed by atoms with Crippen molar-refractivity contribution in [2.45, 2.75) is 19.8 Å². The fraction of sp³-hybridized carbons (Fsp3) is 0.333. The molecule has 0 aromatic carbocycles. The summed E-state index contributed by atoms with van der Waals surface area (Å²) in [4.78, 5) is 12.1. The van der Waals surface area contributed by atoms with E-state index in [0.717, 1.165) is 5.69 Å². The molecule has 0 aliphatic heterocycles. The Labute approximate surface area is 87.2 Å². The van der Waals surface area contributed by atoms with Crippen LogP contribution >= 0.6 is 0 Å². The molecule has 6 heteroatoms. The summed E-state index contributed by atoms with van der Waals surface area (Å²) in [5.41, 5.74) is 6.39. The number of hydrogen-bond donors (Lipinski definition) is 1. The fourth-order valence-corrected chi connectivity index (χ4v) is 1.19. The standard InChI is InChI=1S/C9H12N6/c1-6(2)7-3-8(12-4-11-7)15-5-13-9(10)14-15/h3-6H,1-2H3,(H2,10,14). The number of hydrogen-bond acceptors (Lipinski definition) is 5. The molecule has 0 fully saturated rings. The van der Waals surface area contributed by atoms with Crippen LogP contribution in [0, 0.1) is 0 Å². The van der Waals surface area contributed by atoms with E-state index in [4.69, 9.17) is 5.73 Å². The first-order valence-corrected chi connectivity index (χ1v) is 4.66. The maximum absolute atomic E-state index is 5.43. The Morgan fingerprint density at radius 3 is 2.67 bits per heavy atom. The summed E-state index contributed by atoms with van der Waals surface area (Å²) < 4.78 is 1.53. The topological polar surface area (TPSA) is 82.5 Å². The van der Waals surface area contributed by atoms with Crippen molar-refractivity contribution in [3.8, 4) is 5.82 Å². The normalized spacial score (nSPS) is 10.9. The van der Waals surface area contributed by atoms with E-state index in [0.29, 0.717) is 11.7 Å². The van der Waals surface area contributed by atoms with Crippen molar-refractivity contribution < 1.29 is 0 Å². The number of anilines is 1. The molecule has 0 bridgehead atoms. The van der Waals surface area contributed by atoms with E-state index >= 15 is 0 Å². The molecular formula is C9H12N6. The Morgan fingerprint density at radius 1 is 1.27 bits per heavy atom. The molecule has 0 atom stereocenters. The highest BCUT2D eigenvalue weighted by atomic mass is 15.4. The quantitative estimate of drug-likeness (QED) is 0.781. The minimum absolute atomic E-state index is 0.236. The molecule has 2 rings (SSSR count). The fourth-order valence-electron chi connectivity index (χ4n) is 1.19. The first-order valence-electron chi connectivity index (χ1n) is 4.66. The molecule has 0 spiro atoms. The molecular weight excluding hydrogens is 192 g/mol. The summed E-state index contributed by atoms with van der Waals surface area (Å²) in [5, 5.41) is 3.97. The van der Waals surface area contributed by atoms with E-state index in [1.807, 2.05) is 6.07 Å². The van der Waals surface area contributed by atoms with E-state index in [9.17, 15) is 0 Å². The van der Waals surface area contributed by atoms with Crippen molar-refractivity contribution in [1.82, 2.24) is 24.7 Å². The van der Waals surface area contributed by atoms with Crippen LogP contribution in [0.15, 0.2) is 18.7 Å². The van der Waals surface area contributed by atoms with Crippen LogP contribution in [0.2, 0.25) is 0 Å². The van der Waals surface area contributed by atoms with Crippen molar-refractivity contribution in [2.75, 3.05) is 5.73 Å². The lowest BCUT2D eigenvalue weighted by atomic mass is 10.1. The molecule has 0 aliphatic rings. The lowest BCUT2D eigenvalue weighted by molar-refractivity contribution is 0.784. The number of nitrogen functional groups attached to an aromatic ring is 1. The zero-order chi connectivity index (χ0) is 10.8. The van der Waals surface area contributed by atoms with Crippen LogP contribution in [0.1, 0.15) is 25.5 Å². The summed E-state index contributed by atoms with van der Waals surface area (Å²) in [6.07, 6.45) is 3.05. The Balaban J connectivity index is 2.41. The molecule has 2 aromatic rings. The van der Waals surface area contributed by atoms with E-state index in [1.165, 1.54) is 17.3 Å². The Morgan fingerprint density at radius 2 is 2.07 bits per heavy atom. The van der Waals surface area contributed by atoms with Gasteiger partial charge in [-0.1, -0.05) is 13.8 Å². The van der Waals surface area contributed by atoms with Gasteiger partial charge in [-0.3, -0.25) is 0 Å². The van der Waals surface area contributed by atoms with Crippen LogP contribution in [0.3, 0.4) is 0 Å². The van der Waals surface area contributed by atoms with Gasteiger partial charge in [-0.05, 0) is 5.92 Å². The van der Waals surface area contributed by atoms with Crippen molar-refractivity contribution >= 4 is 5.95 Å². The molecule has 0 radical (unpaired) electrons. The molecule has 0 saturated heterocycles. The zero-order valence-corrected chi connectivity index (χ0v) is 8.62. The third-order valence-electron chi connectivity index (χ3n) is 2.01. The second-order valence-corrected chi connectivity index (χ2v) is 3.50. The van der Waals surface area contributed by atoms with E-state index in [2.05, 4.69) is 33.9 Å². The number of rotatable bonds is 2. The third-order valence-corrected chi connectivity index (χ3v) is 2.01. The van der Waals surface area contributed by atoms with Crippen molar-refractivity contribution in [1.29, 1.82) is 0 Å². The van der Waals surface area contributed by atoms with Gasteiger partial charge in [-0.2, -0.15) is 0 Å². The van der Waals surface area contributed by atoms with Gasteiger partial charge in [0.2, 0.25) is 5.95 Å². The second kappa shape index (κ2) is 3.64. The average molecular weight is 204 g/mol. The Hall–Kier alpha value is -1.98. The molecule has 2 aromatic heterocycles. The van der Waals surface area contributed by atoms with Gasteiger partial charge in [-0.25, -0.2) is 19.6 Å². The lowest BCUT2D eigenvalue weighted by Crippen LogP contribution is -2.02. The Kier molecular flexibility index (Phi) is 2.32. The van der Waals surface area contributed by atoms with Crippen LogP contribution < -0.4 is 5.73 Å². The minimum atomic E-state index is 0.236. The maximum Gasteiger partial charge on any atom is 0.239 e. The van der Waals surface area contributed by atoms with Crippen molar-refractivity contribution in [3.05, 3.63) is 24.4 Å². The van der Waals surface area contributed by atoms with Gasteiger partial charge in [0.25, 0.3) is 0 Å². The van der Waals surface area contributed by atoms with Crippen molar-refractivity contribution in [3.63, 3.8) is 0 Å². The van der Waals surface area contributed by atoms with Gasteiger partial charge in [0, 0.05) is 11.8 Å². The van der Waals surface area contributed by atoms with E-state index in [1.54, 1.807) is 0 Å². The highest BCUT2D eigenvalue weighted by Crippen LogP contribution is 2.12. The van der Waals surface area contributed by atoms with Crippen LogP contribution in [0.4, 0.5) is 5.95 Å². The summed E-state index contributed by atoms with van der Waals surface area (Å²) in [6, 6.07) is 1.87. The van der Waals surface area contributed by atoms with Gasteiger partial charge in [0.15, 0.2) is 5.82 Å². The summed E-state index contributed by atoms with van der Waals surface area (Å²) in [6.45, 7) is 4.14. The predicted molar refractivity (Wildman–Crippen MR) is 55.5 cm³/mol. The Bertz CT molecular complexity index is 461. The van der Waals surface area contributed by atoms with Gasteiger partial charge in [-0.15, -0.1) is 5.10 Å². The van der Waals surface area contributed by atoms with Crippen LogP contribution in [-0.4, -0.2) is 24.7 Å². The second-order valence-electron chi connectivity index (χ2n) is 3.50. The molecule has 0 aliphatic carbocycles. The predicted octanol–water partition coefficient (Wildman–Crippen LogP) is 0.763. The maximum atomic E-state index is 5.43. The van der Waals surface area contributed by atoms with Crippen LogP contribution in [-0.2, 0) is 0 Å². The molecule has 78 valence electrons. The third kappa shape index (κ3) is 1.93. The van der Waals surface area contributed by atoms with E-state index < -0.39 is 0 Å². The number of nitrogens with two attached hydrogens (primary N) is 1. The monoisotopic (exact) mass is 204 g/mol. The van der Waals surface area contributed by atoms with Crippen LogP contribution in [0.25, 0.3) is 5.82 Å². The zero-order valence-electron chi connectivity index (χ0n) is 8.62. The molecule has 6 nitrogen and oxygen atoms in total.